The first-order valence-corrected chi connectivity index (χ1v) is 7.63. The molecule has 0 aliphatic carbocycles. The van der Waals surface area contributed by atoms with Gasteiger partial charge in [-0.05, 0) is 28.9 Å². The van der Waals surface area contributed by atoms with Gasteiger partial charge in [0.25, 0.3) is 0 Å². The first kappa shape index (κ1) is 15.4. The maximum absolute atomic E-state index is 12.3. The Bertz CT molecular complexity index is 507. The number of anilines is 1. The molecule has 6 nitrogen and oxygen atoms in total. The predicted molar refractivity (Wildman–Crippen MR) is 73.0 cm³/mol. The van der Waals surface area contributed by atoms with Crippen molar-refractivity contribution in [3.05, 3.63) is 16.7 Å². The molecular formula is C10H16BrN3O3S. The minimum atomic E-state index is -3.66. The van der Waals surface area contributed by atoms with Crippen LogP contribution in [0.15, 0.2) is 21.6 Å². The standard InChI is InChI=1S/C10H16BrN3O3S/c1-3-12-10-9(6-8(11)7-13-10)18(16,17)14(2)4-5-15/h6-7,15H,3-5H2,1-2H3,(H,12,13). The molecule has 0 aromatic carbocycles. The normalized spacial score (nSPS) is 11.8. The molecule has 1 heterocycles. The van der Waals surface area contributed by atoms with Crippen molar-refractivity contribution < 1.29 is 13.5 Å². The van der Waals surface area contributed by atoms with E-state index in [1.165, 1.54) is 19.3 Å². The molecule has 2 N–H and O–H groups in total. The Morgan fingerprint density at radius 3 is 2.78 bits per heavy atom. The van der Waals surface area contributed by atoms with Crippen LogP contribution < -0.4 is 5.32 Å². The topological polar surface area (TPSA) is 82.5 Å². The molecule has 18 heavy (non-hydrogen) atoms. The SMILES string of the molecule is CCNc1ncc(Br)cc1S(=O)(=O)N(C)CCO. The van der Waals surface area contributed by atoms with Crippen molar-refractivity contribution in [1.82, 2.24) is 9.29 Å². The van der Waals surface area contributed by atoms with E-state index < -0.39 is 10.0 Å². The quantitative estimate of drug-likeness (QED) is 0.805. The van der Waals surface area contributed by atoms with E-state index in [1.807, 2.05) is 6.92 Å². The summed E-state index contributed by atoms with van der Waals surface area (Å²) in [5, 5.41) is 11.7. The van der Waals surface area contributed by atoms with Gasteiger partial charge < -0.3 is 10.4 Å². The second kappa shape index (κ2) is 6.46. The summed E-state index contributed by atoms with van der Waals surface area (Å²) >= 11 is 3.21. The number of hydrogen-bond acceptors (Lipinski definition) is 5. The van der Waals surface area contributed by atoms with Crippen molar-refractivity contribution in [2.24, 2.45) is 0 Å². The number of halogens is 1. The lowest BCUT2D eigenvalue weighted by atomic mass is 10.4. The molecule has 0 saturated carbocycles. The number of aliphatic hydroxyl groups excluding tert-OH is 1. The fourth-order valence-corrected chi connectivity index (χ4v) is 3.13. The third kappa shape index (κ3) is 3.41. The highest BCUT2D eigenvalue weighted by Gasteiger charge is 2.24. The smallest absolute Gasteiger partial charge is 0.246 e. The zero-order chi connectivity index (χ0) is 13.8. The number of sulfonamides is 1. The van der Waals surface area contributed by atoms with Gasteiger partial charge in [-0.25, -0.2) is 13.4 Å². The zero-order valence-corrected chi connectivity index (χ0v) is 12.6. The number of likely N-dealkylation sites (N-methyl/N-ethyl adjacent to an activating group) is 1. The molecule has 1 aromatic heterocycles. The molecule has 0 aliphatic rings. The van der Waals surface area contributed by atoms with Crippen LogP contribution in [0.2, 0.25) is 0 Å². The van der Waals surface area contributed by atoms with Gasteiger partial charge in [0.05, 0.1) is 6.61 Å². The van der Waals surface area contributed by atoms with Crippen LogP contribution in [0.25, 0.3) is 0 Å². The molecule has 0 saturated heterocycles. The van der Waals surface area contributed by atoms with Gasteiger partial charge in [-0.15, -0.1) is 0 Å². The van der Waals surface area contributed by atoms with Crippen LogP contribution in [-0.4, -0.2) is 49.6 Å². The first-order chi connectivity index (χ1) is 8.43. The van der Waals surface area contributed by atoms with Crippen LogP contribution in [-0.2, 0) is 10.0 Å². The summed E-state index contributed by atoms with van der Waals surface area (Å²) in [6, 6.07) is 1.49. The Morgan fingerprint density at radius 1 is 1.56 bits per heavy atom. The van der Waals surface area contributed by atoms with Crippen molar-refractivity contribution >= 4 is 31.8 Å². The van der Waals surface area contributed by atoms with Crippen LogP contribution >= 0.6 is 15.9 Å². The van der Waals surface area contributed by atoms with Gasteiger partial charge in [-0.3, -0.25) is 0 Å². The van der Waals surface area contributed by atoms with Crippen molar-refractivity contribution in [2.45, 2.75) is 11.8 Å². The third-order valence-electron chi connectivity index (χ3n) is 2.27. The van der Waals surface area contributed by atoms with Crippen molar-refractivity contribution in [3.8, 4) is 0 Å². The Hall–Kier alpha value is -0.700. The van der Waals surface area contributed by atoms with Gasteiger partial charge in [-0.2, -0.15) is 4.31 Å². The highest BCUT2D eigenvalue weighted by atomic mass is 79.9. The summed E-state index contributed by atoms with van der Waals surface area (Å²) in [6.07, 6.45) is 1.53. The second-order valence-corrected chi connectivity index (χ2v) is 6.51. The van der Waals surface area contributed by atoms with Crippen LogP contribution in [0.5, 0.6) is 0 Å². The highest BCUT2D eigenvalue weighted by Crippen LogP contribution is 2.25. The number of nitrogens with zero attached hydrogens (tertiary/aromatic N) is 2. The molecule has 1 aromatic rings. The molecule has 0 bridgehead atoms. The summed E-state index contributed by atoms with van der Waals surface area (Å²) in [4.78, 5) is 4.14. The van der Waals surface area contributed by atoms with Crippen LogP contribution in [0.4, 0.5) is 5.82 Å². The zero-order valence-electron chi connectivity index (χ0n) is 10.2. The molecular weight excluding hydrogens is 322 g/mol. The van der Waals surface area contributed by atoms with E-state index in [-0.39, 0.29) is 18.0 Å². The van der Waals surface area contributed by atoms with Crippen LogP contribution in [0, 0.1) is 0 Å². The number of rotatable bonds is 6. The Balaban J connectivity index is 3.25. The van der Waals surface area contributed by atoms with E-state index >= 15 is 0 Å². The molecule has 8 heteroatoms. The van der Waals surface area contributed by atoms with Gasteiger partial charge in [0.1, 0.15) is 10.7 Å². The van der Waals surface area contributed by atoms with Gasteiger partial charge >= 0.3 is 0 Å². The van der Waals surface area contributed by atoms with E-state index in [4.69, 9.17) is 5.11 Å². The number of nitrogens with one attached hydrogen (secondary N) is 1. The lowest BCUT2D eigenvalue weighted by Crippen LogP contribution is -2.30. The number of pyridine rings is 1. The average molecular weight is 338 g/mol. The van der Waals surface area contributed by atoms with Gasteiger partial charge in [-0.1, -0.05) is 0 Å². The molecule has 1 rings (SSSR count). The van der Waals surface area contributed by atoms with E-state index in [0.29, 0.717) is 16.8 Å². The van der Waals surface area contributed by atoms with Gasteiger partial charge in [0.15, 0.2) is 0 Å². The first-order valence-electron chi connectivity index (χ1n) is 5.40. The summed E-state index contributed by atoms with van der Waals surface area (Å²) in [6.45, 7) is 2.24. The number of hydrogen-bond donors (Lipinski definition) is 2. The molecule has 102 valence electrons. The largest absolute Gasteiger partial charge is 0.395 e. The summed E-state index contributed by atoms with van der Waals surface area (Å²) in [7, 11) is -2.24. The van der Waals surface area contributed by atoms with Gasteiger partial charge in [0.2, 0.25) is 10.0 Å². The van der Waals surface area contributed by atoms with Crippen molar-refractivity contribution in [2.75, 3.05) is 32.1 Å². The number of aliphatic hydroxyl groups is 1. The van der Waals surface area contributed by atoms with E-state index in [0.717, 1.165) is 4.31 Å². The molecule has 0 fully saturated rings. The second-order valence-electron chi connectivity index (χ2n) is 3.58. The maximum atomic E-state index is 12.3. The molecule has 0 aliphatic heterocycles. The van der Waals surface area contributed by atoms with E-state index in [9.17, 15) is 8.42 Å². The molecule has 0 unspecified atom stereocenters. The summed E-state index contributed by atoms with van der Waals surface area (Å²) in [5.41, 5.74) is 0. The lowest BCUT2D eigenvalue weighted by molar-refractivity contribution is 0.266. The molecule has 0 amide bonds. The molecule has 0 spiro atoms. The number of aromatic nitrogens is 1. The molecule has 0 atom stereocenters. The van der Waals surface area contributed by atoms with Crippen molar-refractivity contribution in [1.29, 1.82) is 0 Å². The monoisotopic (exact) mass is 337 g/mol. The Labute approximate surface area is 115 Å². The van der Waals surface area contributed by atoms with E-state index in [2.05, 4.69) is 26.2 Å². The van der Waals surface area contributed by atoms with Gasteiger partial charge in [0, 0.05) is 30.8 Å². The van der Waals surface area contributed by atoms with Crippen LogP contribution in [0.3, 0.4) is 0 Å². The Kier molecular flexibility index (Phi) is 5.51. The fourth-order valence-electron chi connectivity index (χ4n) is 1.35. The minimum Gasteiger partial charge on any atom is -0.395 e. The minimum absolute atomic E-state index is 0.0421. The van der Waals surface area contributed by atoms with E-state index in [1.54, 1.807) is 0 Å². The van der Waals surface area contributed by atoms with Crippen LogP contribution in [0.1, 0.15) is 6.92 Å². The average Bonchev–Trinajstić information content (AvgIpc) is 2.32. The van der Waals surface area contributed by atoms with Crippen molar-refractivity contribution in [3.63, 3.8) is 0 Å². The maximum Gasteiger partial charge on any atom is 0.246 e. The Morgan fingerprint density at radius 2 is 2.22 bits per heavy atom. The lowest BCUT2D eigenvalue weighted by Gasteiger charge is -2.18. The fraction of sp³-hybridized carbons (Fsp3) is 0.500. The highest BCUT2D eigenvalue weighted by molar-refractivity contribution is 9.10. The predicted octanol–water partition coefficient (Wildman–Crippen LogP) is 0.889. The summed E-state index contributed by atoms with van der Waals surface area (Å²) < 4.78 is 26.2. The summed E-state index contributed by atoms with van der Waals surface area (Å²) in [5.74, 6) is 0.311. The third-order valence-corrected chi connectivity index (χ3v) is 4.57. The molecule has 0 radical (unpaired) electrons.